The Morgan fingerprint density at radius 2 is 2.17 bits per heavy atom. The van der Waals surface area contributed by atoms with Gasteiger partial charge in [-0.25, -0.2) is 9.97 Å². The number of aromatic nitrogens is 3. The first kappa shape index (κ1) is 12.8. The minimum atomic E-state index is 0.772. The van der Waals surface area contributed by atoms with E-state index in [2.05, 4.69) is 26.3 Å². The summed E-state index contributed by atoms with van der Waals surface area (Å²) < 4.78 is 5.31. The largest absolute Gasteiger partial charge is 0.382 e. The molecular formula is C13H20N4O. The number of aryl methyl sites for hydroxylation is 2. The first-order valence-corrected chi connectivity index (χ1v) is 6.36. The Bertz CT molecular complexity index is 521. The van der Waals surface area contributed by atoms with Crippen LogP contribution in [0.15, 0.2) is 6.07 Å². The molecule has 2 aromatic rings. The summed E-state index contributed by atoms with van der Waals surface area (Å²) in [6.45, 7) is 8.34. The van der Waals surface area contributed by atoms with Crippen molar-refractivity contribution >= 4 is 16.9 Å². The zero-order valence-corrected chi connectivity index (χ0v) is 11.2. The molecule has 5 nitrogen and oxygen atoms in total. The number of nitrogens with zero attached hydrogens (tertiary/aromatic N) is 2. The molecule has 0 aliphatic heterocycles. The Morgan fingerprint density at radius 3 is 2.94 bits per heavy atom. The van der Waals surface area contributed by atoms with E-state index in [9.17, 15) is 0 Å². The normalized spacial score (nSPS) is 11.1. The number of fused-ring (bicyclic) bond motifs is 1. The molecule has 2 rings (SSSR count). The van der Waals surface area contributed by atoms with Crippen LogP contribution in [0, 0.1) is 13.8 Å². The fourth-order valence-corrected chi connectivity index (χ4v) is 1.91. The van der Waals surface area contributed by atoms with Crippen molar-refractivity contribution in [2.24, 2.45) is 0 Å². The van der Waals surface area contributed by atoms with Crippen LogP contribution in [-0.4, -0.2) is 34.7 Å². The molecule has 0 spiro atoms. The van der Waals surface area contributed by atoms with Crippen molar-refractivity contribution in [2.75, 3.05) is 25.1 Å². The minimum absolute atomic E-state index is 0.772. The van der Waals surface area contributed by atoms with Gasteiger partial charge in [0.25, 0.3) is 0 Å². The molecule has 2 heterocycles. The van der Waals surface area contributed by atoms with Crippen molar-refractivity contribution in [1.82, 2.24) is 15.0 Å². The fourth-order valence-electron chi connectivity index (χ4n) is 1.91. The van der Waals surface area contributed by atoms with Crippen molar-refractivity contribution in [2.45, 2.75) is 27.2 Å². The monoisotopic (exact) mass is 248 g/mol. The van der Waals surface area contributed by atoms with Gasteiger partial charge in [-0.15, -0.1) is 0 Å². The van der Waals surface area contributed by atoms with E-state index in [0.29, 0.717) is 0 Å². The molecule has 0 amide bonds. The van der Waals surface area contributed by atoms with Crippen molar-refractivity contribution in [3.8, 4) is 0 Å². The number of aromatic amines is 1. The number of H-pyrrole nitrogens is 1. The van der Waals surface area contributed by atoms with Gasteiger partial charge in [-0.1, -0.05) is 0 Å². The van der Waals surface area contributed by atoms with Crippen LogP contribution in [0.2, 0.25) is 0 Å². The molecule has 0 bridgehead atoms. The first-order chi connectivity index (χ1) is 8.70. The molecule has 0 aliphatic carbocycles. The van der Waals surface area contributed by atoms with Gasteiger partial charge in [-0.05, 0) is 33.3 Å². The number of rotatable bonds is 6. The highest BCUT2D eigenvalue weighted by Gasteiger charge is 2.07. The Morgan fingerprint density at radius 1 is 1.33 bits per heavy atom. The highest BCUT2D eigenvalue weighted by atomic mass is 16.5. The SMILES string of the molecule is CCOCCCNc1nc(C)nc2[nH]c(C)cc12. The van der Waals surface area contributed by atoms with Crippen LogP contribution in [0.4, 0.5) is 5.82 Å². The van der Waals surface area contributed by atoms with Crippen molar-refractivity contribution in [3.05, 3.63) is 17.6 Å². The average molecular weight is 248 g/mol. The second-order valence-electron chi connectivity index (χ2n) is 4.31. The van der Waals surface area contributed by atoms with Crippen molar-refractivity contribution in [1.29, 1.82) is 0 Å². The maximum Gasteiger partial charge on any atom is 0.143 e. The third-order valence-corrected chi connectivity index (χ3v) is 2.70. The lowest BCUT2D eigenvalue weighted by atomic mass is 10.3. The Hall–Kier alpha value is -1.62. The number of nitrogens with one attached hydrogen (secondary N) is 2. The summed E-state index contributed by atoms with van der Waals surface area (Å²) in [6, 6.07) is 2.07. The maximum atomic E-state index is 5.31. The van der Waals surface area contributed by atoms with Gasteiger partial charge in [-0.3, -0.25) is 0 Å². The van der Waals surface area contributed by atoms with Crippen LogP contribution in [0.25, 0.3) is 11.0 Å². The van der Waals surface area contributed by atoms with Crippen LogP contribution in [0.5, 0.6) is 0 Å². The number of hydrogen-bond donors (Lipinski definition) is 2. The molecule has 0 saturated carbocycles. The zero-order chi connectivity index (χ0) is 13.0. The van der Waals surface area contributed by atoms with E-state index in [1.165, 1.54) is 0 Å². The molecule has 0 aliphatic rings. The van der Waals surface area contributed by atoms with Gasteiger partial charge in [0.15, 0.2) is 0 Å². The molecule has 0 fully saturated rings. The second-order valence-corrected chi connectivity index (χ2v) is 4.31. The van der Waals surface area contributed by atoms with Crippen LogP contribution in [0.1, 0.15) is 24.9 Å². The summed E-state index contributed by atoms with van der Waals surface area (Å²) in [7, 11) is 0. The topological polar surface area (TPSA) is 62.8 Å². The number of anilines is 1. The van der Waals surface area contributed by atoms with E-state index in [0.717, 1.165) is 54.5 Å². The highest BCUT2D eigenvalue weighted by molar-refractivity contribution is 5.87. The minimum Gasteiger partial charge on any atom is -0.382 e. The smallest absolute Gasteiger partial charge is 0.143 e. The van der Waals surface area contributed by atoms with Crippen LogP contribution >= 0.6 is 0 Å². The third kappa shape index (κ3) is 2.98. The van der Waals surface area contributed by atoms with Crippen molar-refractivity contribution < 1.29 is 4.74 Å². The maximum absolute atomic E-state index is 5.31. The molecule has 0 saturated heterocycles. The predicted molar refractivity (Wildman–Crippen MR) is 73.0 cm³/mol. The highest BCUT2D eigenvalue weighted by Crippen LogP contribution is 2.20. The molecule has 18 heavy (non-hydrogen) atoms. The molecular weight excluding hydrogens is 228 g/mol. The quantitative estimate of drug-likeness (QED) is 0.771. The lowest BCUT2D eigenvalue weighted by Gasteiger charge is -2.07. The Labute approximate surface area is 107 Å². The summed E-state index contributed by atoms with van der Waals surface area (Å²) in [5.41, 5.74) is 1.99. The van der Waals surface area contributed by atoms with Gasteiger partial charge < -0.3 is 15.0 Å². The van der Waals surface area contributed by atoms with Gasteiger partial charge in [0.05, 0.1) is 5.39 Å². The van der Waals surface area contributed by atoms with Gasteiger partial charge in [0.1, 0.15) is 17.3 Å². The molecule has 0 radical (unpaired) electrons. The molecule has 0 atom stereocenters. The summed E-state index contributed by atoms with van der Waals surface area (Å²) in [6.07, 6.45) is 0.974. The van der Waals surface area contributed by atoms with E-state index >= 15 is 0 Å². The Balaban J connectivity index is 2.07. The molecule has 0 unspecified atom stereocenters. The molecule has 2 N–H and O–H groups in total. The Kier molecular flexibility index (Phi) is 4.15. The first-order valence-electron chi connectivity index (χ1n) is 6.36. The summed E-state index contributed by atoms with van der Waals surface area (Å²) in [4.78, 5) is 12.1. The van der Waals surface area contributed by atoms with E-state index in [1.807, 2.05) is 20.8 Å². The van der Waals surface area contributed by atoms with Gasteiger partial charge in [-0.2, -0.15) is 0 Å². The molecule has 5 heteroatoms. The van der Waals surface area contributed by atoms with Gasteiger partial charge >= 0.3 is 0 Å². The number of hydrogen-bond acceptors (Lipinski definition) is 4. The average Bonchev–Trinajstić information content (AvgIpc) is 2.69. The third-order valence-electron chi connectivity index (χ3n) is 2.70. The van der Waals surface area contributed by atoms with E-state index in [1.54, 1.807) is 0 Å². The van der Waals surface area contributed by atoms with Crippen LogP contribution in [0.3, 0.4) is 0 Å². The lowest BCUT2D eigenvalue weighted by molar-refractivity contribution is 0.147. The van der Waals surface area contributed by atoms with Gasteiger partial charge in [0.2, 0.25) is 0 Å². The lowest BCUT2D eigenvalue weighted by Crippen LogP contribution is -2.08. The summed E-state index contributed by atoms with van der Waals surface area (Å²) in [5, 5.41) is 4.40. The zero-order valence-electron chi connectivity index (χ0n) is 11.2. The molecule has 0 aromatic carbocycles. The summed E-state index contributed by atoms with van der Waals surface area (Å²) in [5.74, 6) is 1.68. The van der Waals surface area contributed by atoms with Crippen molar-refractivity contribution in [3.63, 3.8) is 0 Å². The fraction of sp³-hybridized carbons (Fsp3) is 0.538. The van der Waals surface area contributed by atoms with Crippen LogP contribution in [-0.2, 0) is 4.74 Å². The standard InChI is InChI=1S/C13H20N4O/c1-4-18-7-5-6-14-12-11-8-9(2)15-13(11)17-10(3)16-12/h8H,4-7H2,1-3H3,(H2,14,15,16,17). The van der Waals surface area contributed by atoms with Crippen LogP contribution < -0.4 is 5.32 Å². The van der Waals surface area contributed by atoms with E-state index in [4.69, 9.17) is 4.74 Å². The van der Waals surface area contributed by atoms with E-state index in [-0.39, 0.29) is 0 Å². The predicted octanol–water partition coefficient (Wildman–Crippen LogP) is 2.41. The second kappa shape index (κ2) is 5.82. The van der Waals surface area contributed by atoms with Gasteiger partial charge in [0, 0.05) is 25.5 Å². The van der Waals surface area contributed by atoms with E-state index < -0.39 is 0 Å². The molecule has 2 aromatic heterocycles. The molecule has 98 valence electrons. The summed E-state index contributed by atoms with van der Waals surface area (Å²) >= 11 is 0. The number of ether oxygens (including phenoxy) is 1.